The summed E-state index contributed by atoms with van der Waals surface area (Å²) < 4.78 is 23.0. The second kappa shape index (κ2) is 66.7. The topological polar surface area (TPSA) is 108 Å². The van der Waals surface area contributed by atoms with Crippen LogP contribution in [0.1, 0.15) is 380 Å². The van der Waals surface area contributed by atoms with Crippen LogP contribution in [-0.2, 0) is 33.3 Å². The van der Waals surface area contributed by atoms with Crippen molar-refractivity contribution in [1.82, 2.24) is 0 Å². The monoisotopic (exact) mass is 1190 g/mol. The van der Waals surface area contributed by atoms with E-state index in [-0.39, 0.29) is 38.2 Å². The molecule has 0 aromatic rings. The average Bonchev–Trinajstić information content (AvgIpc) is 3.51. The Morgan fingerprint density at radius 2 is 0.643 bits per heavy atom. The van der Waals surface area contributed by atoms with Crippen LogP contribution in [0.3, 0.4) is 0 Å². The van der Waals surface area contributed by atoms with Crippen molar-refractivity contribution >= 4 is 17.9 Å². The van der Waals surface area contributed by atoms with Crippen LogP contribution in [0.2, 0.25) is 0 Å². The number of rotatable bonds is 70. The number of likely N-dealkylation sites (N-methyl/N-ethyl adjacent to an activating group) is 1. The van der Waals surface area contributed by atoms with Crippen LogP contribution >= 0.6 is 0 Å². The first-order chi connectivity index (χ1) is 41.1. The zero-order chi connectivity index (χ0) is 61.2. The zero-order valence-electron chi connectivity index (χ0n) is 56.8. The third-order valence-electron chi connectivity index (χ3n) is 17.0. The van der Waals surface area contributed by atoms with Crippen molar-refractivity contribution < 1.29 is 42.9 Å². The molecule has 0 aliphatic rings. The number of carboxylic acids is 1. The summed E-state index contributed by atoms with van der Waals surface area (Å²) in [6.45, 7) is 4.95. The van der Waals surface area contributed by atoms with Gasteiger partial charge >= 0.3 is 17.9 Å². The molecule has 0 spiro atoms. The molecule has 0 heterocycles. The summed E-state index contributed by atoms with van der Waals surface area (Å²) in [6.07, 6.45) is 80.2. The summed E-state index contributed by atoms with van der Waals surface area (Å²) >= 11 is 0. The number of nitrogens with zero attached hydrogens (tertiary/aromatic N) is 1. The minimum absolute atomic E-state index is 0.174. The smallest absolute Gasteiger partial charge is 0.361 e. The van der Waals surface area contributed by atoms with Gasteiger partial charge in [-0.1, -0.05) is 346 Å². The van der Waals surface area contributed by atoms with Crippen molar-refractivity contribution in [2.45, 2.75) is 392 Å². The maximum Gasteiger partial charge on any atom is 0.361 e. The van der Waals surface area contributed by atoms with E-state index in [2.05, 4.69) is 38.2 Å². The van der Waals surface area contributed by atoms with E-state index in [0.29, 0.717) is 17.4 Å². The van der Waals surface area contributed by atoms with E-state index >= 15 is 0 Å². The molecule has 0 rings (SSSR count). The SMILES string of the molecule is CCCCCCC/C=C\C/C=C\CCCCCCCCCCCCCCCCCCCCCCCC(=O)OC(COC(=O)CCCCCCCCCCCCCCCCCCCCCCCCCCCC)COC(OCC[N+](C)(C)C)C(=O)O. The highest BCUT2D eigenvalue weighted by Gasteiger charge is 2.25. The van der Waals surface area contributed by atoms with Gasteiger partial charge in [-0.15, -0.1) is 0 Å². The first kappa shape index (κ1) is 81.8. The molecule has 1 N–H and O–H groups in total. The number of hydrogen-bond donors (Lipinski definition) is 1. The summed E-state index contributed by atoms with van der Waals surface area (Å²) in [7, 11) is 6.00. The number of carbonyl (C=O) groups is 3. The molecule has 0 aromatic carbocycles. The van der Waals surface area contributed by atoms with Gasteiger partial charge in [-0.25, -0.2) is 4.79 Å². The van der Waals surface area contributed by atoms with Crippen LogP contribution in [0.5, 0.6) is 0 Å². The maximum absolute atomic E-state index is 13.0. The molecule has 0 fully saturated rings. The third-order valence-corrected chi connectivity index (χ3v) is 17.0. The summed E-state index contributed by atoms with van der Waals surface area (Å²) in [6, 6.07) is 0. The normalized spacial score (nSPS) is 12.7. The summed E-state index contributed by atoms with van der Waals surface area (Å²) in [5, 5.41) is 9.75. The number of quaternary nitrogens is 1. The molecular weight excluding hydrogens is 1040 g/mol. The number of allylic oxidation sites excluding steroid dienone is 4. The van der Waals surface area contributed by atoms with Gasteiger partial charge in [-0.05, 0) is 44.9 Å². The van der Waals surface area contributed by atoms with E-state index in [1.165, 1.54) is 308 Å². The van der Waals surface area contributed by atoms with E-state index in [4.69, 9.17) is 18.9 Å². The van der Waals surface area contributed by atoms with Crippen molar-refractivity contribution in [3.63, 3.8) is 0 Å². The molecular formula is C75H144NO8+. The molecule has 0 bridgehead atoms. The molecule has 9 heteroatoms. The van der Waals surface area contributed by atoms with Crippen LogP contribution in [0.25, 0.3) is 0 Å². The Balaban J connectivity index is 4.02. The lowest BCUT2D eigenvalue weighted by atomic mass is 10.0. The van der Waals surface area contributed by atoms with Crippen molar-refractivity contribution in [2.75, 3.05) is 47.5 Å². The second-order valence-corrected chi connectivity index (χ2v) is 26.6. The predicted octanol–water partition coefficient (Wildman–Crippen LogP) is 23.0. The Morgan fingerprint density at radius 1 is 0.357 bits per heavy atom. The molecule has 496 valence electrons. The quantitative estimate of drug-likeness (QED) is 0.0211. The molecule has 9 nitrogen and oxygen atoms in total. The maximum atomic E-state index is 13.0. The first-order valence-electron chi connectivity index (χ1n) is 37.0. The Kier molecular flexibility index (Phi) is 64.9. The van der Waals surface area contributed by atoms with Gasteiger partial charge in [0.1, 0.15) is 13.2 Å². The van der Waals surface area contributed by atoms with Crippen molar-refractivity contribution in [3.8, 4) is 0 Å². The molecule has 0 amide bonds. The largest absolute Gasteiger partial charge is 0.477 e. The van der Waals surface area contributed by atoms with Gasteiger partial charge in [-0.3, -0.25) is 9.59 Å². The molecule has 0 aromatic heterocycles. The van der Waals surface area contributed by atoms with Crippen LogP contribution < -0.4 is 0 Å². The van der Waals surface area contributed by atoms with Crippen LogP contribution in [0.4, 0.5) is 0 Å². The minimum atomic E-state index is -1.51. The van der Waals surface area contributed by atoms with Gasteiger partial charge in [0.2, 0.25) is 0 Å². The standard InChI is InChI=1S/C75H143NO8/c1-6-8-10-12-14-16-18-20-22-24-26-28-30-32-34-35-36-37-38-39-40-42-44-46-48-50-52-54-56-58-60-62-64-66-73(78)84-71(70-83-75(74(79)80)81-68-67-76(3,4)5)69-82-72(77)65-63-61-59-57-55-53-51-49-47-45-43-41-33-31-29-27-25-23-21-19-17-15-13-11-9-7-2/h18,20,24,26,71,75H,6-17,19,21-23,25,27-70H2,1-5H3/p+1/b20-18-,26-24-. The van der Waals surface area contributed by atoms with E-state index in [0.717, 1.165) is 44.9 Å². The Labute approximate surface area is 522 Å². The van der Waals surface area contributed by atoms with Crippen LogP contribution in [0.15, 0.2) is 24.3 Å². The highest BCUT2D eigenvalue weighted by molar-refractivity contribution is 5.71. The fourth-order valence-electron chi connectivity index (χ4n) is 11.3. The highest BCUT2D eigenvalue weighted by Crippen LogP contribution is 2.19. The van der Waals surface area contributed by atoms with Crippen LogP contribution in [0, 0.1) is 0 Å². The average molecular weight is 1190 g/mol. The fraction of sp³-hybridized carbons (Fsp3) is 0.907. The van der Waals surface area contributed by atoms with Gasteiger partial charge in [-0.2, -0.15) is 0 Å². The van der Waals surface area contributed by atoms with E-state index in [9.17, 15) is 19.5 Å². The third kappa shape index (κ3) is 67.3. The van der Waals surface area contributed by atoms with Crippen molar-refractivity contribution in [2.24, 2.45) is 0 Å². The summed E-state index contributed by atoms with van der Waals surface area (Å²) in [5.41, 5.74) is 0. The second-order valence-electron chi connectivity index (χ2n) is 26.6. The van der Waals surface area contributed by atoms with Gasteiger partial charge in [0.15, 0.2) is 6.10 Å². The van der Waals surface area contributed by atoms with Crippen molar-refractivity contribution in [3.05, 3.63) is 24.3 Å². The molecule has 0 aliphatic carbocycles. The van der Waals surface area contributed by atoms with Crippen LogP contribution in [-0.4, -0.2) is 87.4 Å². The Morgan fingerprint density at radius 3 is 0.940 bits per heavy atom. The molecule has 2 atom stereocenters. The van der Waals surface area contributed by atoms with E-state index in [1.807, 2.05) is 21.1 Å². The van der Waals surface area contributed by atoms with Gasteiger partial charge < -0.3 is 28.5 Å². The van der Waals surface area contributed by atoms with E-state index in [1.54, 1.807) is 0 Å². The predicted molar refractivity (Wildman–Crippen MR) is 360 cm³/mol. The lowest BCUT2D eigenvalue weighted by molar-refractivity contribution is -0.870. The molecule has 2 unspecified atom stereocenters. The molecule has 0 radical (unpaired) electrons. The number of carboxylic acid groups (broad SMARTS) is 1. The Bertz CT molecular complexity index is 1430. The lowest BCUT2D eigenvalue weighted by Crippen LogP contribution is -2.40. The summed E-state index contributed by atoms with van der Waals surface area (Å²) in [4.78, 5) is 37.7. The van der Waals surface area contributed by atoms with Crippen molar-refractivity contribution in [1.29, 1.82) is 0 Å². The number of aliphatic carboxylic acids is 1. The Hall–Kier alpha value is -2.23. The number of unbranched alkanes of at least 4 members (excludes halogenated alkanes) is 51. The van der Waals surface area contributed by atoms with Gasteiger partial charge in [0.05, 0.1) is 34.4 Å². The number of hydrogen-bond acceptors (Lipinski definition) is 7. The summed E-state index contributed by atoms with van der Waals surface area (Å²) in [5.74, 6) is -1.97. The molecule has 0 saturated heterocycles. The molecule has 0 saturated carbocycles. The highest BCUT2D eigenvalue weighted by atomic mass is 16.7. The van der Waals surface area contributed by atoms with Gasteiger partial charge in [0, 0.05) is 12.8 Å². The number of esters is 2. The molecule has 0 aliphatic heterocycles. The number of carbonyl (C=O) groups excluding carboxylic acids is 2. The van der Waals surface area contributed by atoms with E-state index < -0.39 is 18.4 Å². The molecule has 84 heavy (non-hydrogen) atoms. The number of ether oxygens (including phenoxy) is 4. The minimum Gasteiger partial charge on any atom is -0.477 e. The zero-order valence-corrected chi connectivity index (χ0v) is 56.8. The fourth-order valence-corrected chi connectivity index (χ4v) is 11.3. The lowest BCUT2D eigenvalue weighted by Gasteiger charge is -2.25. The first-order valence-corrected chi connectivity index (χ1v) is 37.0. The van der Waals surface area contributed by atoms with Gasteiger partial charge in [0.25, 0.3) is 6.29 Å².